The van der Waals surface area contributed by atoms with Crippen molar-refractivity contribution in [2.75, 3.05) is 13.1 Å². The normalized spacial score (nSPS) is 31.1. The van der Waals surface area contributed by atoms with E-state index in [-0.39, 0.29) is 0 Å². The smallest absolute Gasteiger partial charge is 0.222 e. The minimum atomic E-state index is 0.371. The third-order valence-corrected chi connectivity index (χ3v) is 3.67. The molecule has 0 radical (unpaired) electrons. The molecule has 1 aliphatic carbocycles. The maximum Gasteiger partial charge on any atom is 0.222 e. The molecule has 1 amide bonds. The summed E-state index contributed by atoms with van der Waals surface area (Å²) in [4.78, 5) is 14.1. The van der Waals surface area contributed by atoms with Crippen LogP contribution in [-0.2, 0) is 4.79 Å². The van der Waals surface area contributed by atoms with Gasteiger partial charge in [-0.2, -0.15) is 0 Å². The van der Waals surface area contributed by atoms with Crippen LogP contribution in [0.25, 0.3) is 0 Å². The van der Waals surface area contributed by atoms with Gasteiger partial charge in [-0.3, -0.25) is 4.79 Å². The highest BCUT2D eigenvalue weighted by Gasteiger charge is 2.34. The zero-order chi connectivity index (χ0) is 10.7. The lowest BCUT2D eigenvalue weighted by molar-refractivity contribution is -0.136. The topological polar surface area (TPSA) is 32.3 Å². The van der Waals surface area contributed by atoms with E-state index in [1.807, 2.05) is 0 Å². The van der Waals surface area contributed by atoms with Crippen molar-refractivity contribution >= 4 is 5.91 Å². The molecule has 1 saturated heterocycles. The van der Waals surface area contributed by atoms with Crippen molar-refractivity contribution in [3.05, 3.63) is 0 Å². The lowest BCUT2D eigenvalue weighted by Gasteiger charge is -2.44. The molecule has 2 aliphatic rings. The summed E-state index contributed by atoms with van der Waals surface area (Å²) in [5, 5.41) is 3.55. The zero-order valence-corrected chi connectivity index (χ0v) is 9.67. The van der Waals surface area contributed by atoms with Gasteiger partial charge in [0, 0.05) is 31.6 Å². The number of piperazine rings is 1. The minimum Gasteiger partial charge on any atom is -0.337 e. The lowest BCUT2D eigenvalue weighted by atomic mass is 9.87. The summed E-state index contributed by atoms with van der Waals surface area (Å²) < 4.78 is 0. The van der Waals surface area contributed by atoms with E-state index in [1.165, 1.54) is 25.7 Å². The van der Waals surface area contributed by atoms with Gasteiger partial charge in [-0.1, -0.05) is 19.8 Å². The number of amides is 1. The van der Waals surface area contributed by atoms with Gasteiger partial charge < -0.3 is 10.2 Å². The third kappa shape index (κ3) is 2.33. The predicted molar refractivity (Wildman–Crippen MR) is 60.7 cm³/mol. The molecule has 2 fully saturated rings. The highest BCUT2D eigenvalue weighted by molar-refractivity contribution is 5.76. The molecule has 15 heavy (non-hydrogen) atoms. The minimum absolute atomic E-state index is 0.371. The fraction of sp³-hybridized carbons (Fsp3) is 0.917. The highest BCUT2D eigenvalue weighted by Crippen LogP contribution is 2.25. The Hall–Kier alpha value is -0.570. The highest BCUT2D eigenvalue weighted by atomic mass is 16.2. The van der Waals surface area contributed by atoms with Gasteiger partial charge in [0.1, 0.15) is 0 Å². The van der Waals surface area contributed by atoms with Gasteiger partial charge in [0.15, 0.2) is 0 Å². The van der Waals surface area contributed by atoms with Gasteiger partial charge >= 0.3 is 0 Å². The number of nitrogens with zero attached hydrogens (tertiary/aromatic N) is 1. The van der Waals surface area contributed by atoms with Crippen molar-refractivity contribution < 1.29 is 4.79 Å². The van der Waals surface area contributed by atoms with Crippen LogP contribution in [0.4, 0.5) is 0 Å². The summed E-state index contributed by atoms with van der Waals surface area (Å²) in [6.07, 6.45) is 6.76. The maximum absolute atomic E-state index is 12.0. The maximum atomic E-state index is 12.0. The Bertz CT molecular complexity index is 228. The number of hydrogen-bond acceptors (Lipinski definition) is 2. The molecule has 2 rings (SSSR count). The fourth-order valence-corrected chi connectivity index (χ4v) is 2.93. The number of rotatable bonds is 2. The van der Waals surface area contributed by atoms with Crippen molar-refractivity contribution in [3.63, 3.8) is 0 Å². The van der Waals surface area contributed by atoms with E-state index < -0.39 is 0 Å². The number of nitrogens with one attached hydrogen (secondary N) is 1. The molecule has 0 bridgehead atoms. The molecule has 0 spiro atoms. The van der Waals surface area contributed by atoms with Crippen molar-refractivity contribution in [1.82, 2.24) is 10.2 Å². The molecule has 86 valence electrons. The Labute approximate surface area is 92.2 Å². The Morgan fingerprint density at radius 2 is 2.20 bits per heavy atom. The van der Waals surface area contributed by atoms with Gasteiger partial charge in [0.25, 0.3) is 0 Å². The summed E-state index contributed by atoms with van der Waals surface area (Å²) >= 11 is 0. The van der Waals surface area contributed by atoms with Crippen LogP contribution in [0.1, 0.15) is 45.4 Å². The van der Waals surface area contributed by atoms with Crippen LogP contribution in [0.5, 0.6) is 0 Å². The molecule has 3 nitrogen and oxygen atoms in total. The van der Waals surface area contributed by atoms with Crippen LogP contribution < -0.4 is 5.32 Å². The van der Waals surface area contributed by atoms with Crippen LogP contribution >= 0.6 is 0 Å². The molecule has 0 aromatic carbocycles. The van der Waals surface area contributed by atoms with E-state index >= 15 is 0 Å². The van der Waals surface area contributed by atoms with E-state index in [0.29, 0.717) is 18.0 Å². The van der Waals surface area contributed by atoms with E-state index in [2.05, 4.69) is 17.1 Å². The van der Waals surface area contributed by atoms with E-state index in [4.69, 9.17) is 0 Å². The first-order valence-corrected chi connectivity index (χ1v) is 6.35. The second-order valence-electron chi connectivity index (χ2n) is 4.75. The SMILES string of the molecule is CCCC(=O)N1CCNC2CCCCC21. The average Bonchev–Trinajstić information content (AvgIpc) is 2.28. The van der Waals surface area contributed by atoms with Crippen molar-refractivity contribution in [2.24, 2.45) is 0 Å². The molecule has 1 heterocycles. The van der Waals surface area contributed by atoms with E-state index in [9.17, 15) is 4.79 Å². The van der Waals surface area contributed by atoms with Gasteiger partial charge in [0.2, 0.25) is 5.91 Å². The van der Waals surface area contributed by atoms with Crippen molar-refractivity contribution in [2.45, 2.75) is 57.5 Å². The standard InChI is InChI=1S/C12H22N2O/c1-2-5-12(15)14-9-8-13-10-6-3-4-7-11(10)14/h10-11,13H,2-9H2,1H3. The summed E-state index contributed by atoms with van der Waals surface area (Å²) in [5.74, 6) is 0.371. The molecular weight excluding hydrogens is 188 g/mol. The summed E-state index contributed by atoms with van der Waals surface area (Å²) in [6, 6.07) is 1.07. The molecular formula is C12H22N2O. The Morgan fingerprint density at radius 3 is 3.00 bits per heavy atom. The third-order valence-electron chi connectivity index (χ3n) is 3.67. The van der Waals surface area contributed by atoms with Gasteiger partial charge in [-0.15, -0.1) is 0 Å². The fourth-order valence-electron chi connectivity index (χ4n) is 2.93. The lowest BCUT2D eigenvalue weighted by Crippen LogP contribution is -2.60. The van der Waals surface area contributed by atoms with Gasteiger partial charge in [0.05, 0.1) is 0 Å². The van der Waals surface area contributed by atoms with Crippen LogP contribution in [0.3, 0.4) is 0 Å². The van der Waals surface area contributed by atoms with Gasteiger partial charge in [-0.05, 0) is 19.3 Å². The van der Waals surface area contributed by atoms with Crippen molar-refractivity contribution in [3.8, 4) is 0 Å². The largest absolute Gasteiger partial charge is 0.337 e. The number of carbonyl (C=O) groups excluding carboxylic acids is 1. The first-order chi connectivity index (χ1) is 7.33. The van der Waals surface area contributed by atoms with Crippen LogP contribution in [0.2, 0.25) is 0 Å². The molecule has 1 saturated carbocycles. The number of fused-ring (bicyclic) bond motifs is 1. The Morgan fingerprint density at radius 1 is 1.40 bits per heavy atom. The molecule has 2 atom stereocenters. The quantitative estimate of drug-likeness (QED) is 0.749. The number of hydrogen-bond donors (Lipinski definition) is 1. The zero-order valence-electron chi connectivity index (χ0n) is 9.67. The van der Waals surface area contributed by atoms with Crippen LogP contribution in [0.15, 0.2) is 0 Å². The second-order valence-corrected chi connectivity index (χ2v) is 4.75. The average molecular weight is 210 g/mol. The second kappa shape index (κ2) is 4.97. The van der Waals surface area contributed by atoms with E-state index in [0.717, 1.165) is 25.9 Å². The number of carbonyl (C=O) groups is 1. The Kier molecular flexibility index (Phi) is 3.62. The van der Waals surface area contributed by atoms with Crippen molar-refractivity contribution in [1.29, 1.82) is 0 Å². The first-order valence-electron chi connectivity index (χ1n) is 6.35. The molecule has 0 aromatic heterocycles. The van der Waals surface area contributed by atoms with Crippen LogP contribution in [-0.4, -0.2) is 36.0 Å². The molecule has 2 unspecified atom stereocenters. The first kappa shape index (κ1) is 10.9. The predicted octanol–water partition coefficient (Wildman–Crippen LogP) is 1.53. The molecule has 0 aromatic rings. The summed E-state index contributed by atoms with van der Waals surface area (Å²) in [5.41, 5.74) is 0. The molecule has 1 N–H and O–H groups in total. The van der Waals surface area contributed by atoms with E-state index in [1.54, 1.807) is 0 Å². The van der Waals surface area contributed by atoms with Crippen LogP contribution in [0, 0.1) is 0 Å². The molecule has 3 heteroatoms. The van der Waals surface area contributed by atoms with Gasteiger partial charge in [-0.25, -0.2) is 0 Å². The summed E-state index contributed by atoms with van der Waals surface area (Å²) in [7, 11) is 0. The Balaban J connectivity index is 2.00. The monoisotopic (exact) mass is 210 g/mol. The molecule has 1 aliphatic heterocycles. The summed E-state index contributed by atoms with van der Waals surface area (Å²) in [6.45, 7) is 3.98.